The zero-order chi connectivity index (χ0) is 15.5. The predicted molar refractivity (Wildman–Crippen MR) is 74.7 cm³/mol. The zero-order valence-electron chi connectivity index (χ0n) is 11.3. The van der Waals surface area contributed by atoms with Crippen molar-refractivity contribution in [3.8, 4) is 6.07 Å². The van der Waals surface area contributed by atoms with Gasteiger partial charge in [0.05, 0.1) is 17.2 Å². The molecule has 2 aromatic carbocycles. The van der Waals surface area contributed by atoms with Crippen LogP contribution in [0.15, 0.2) is 42.5 Å². The minimum atomic E-state index is -4.50. The molecule has 0 spiro atoms. The van der Waals surface area contributed by atoms with Gasteiger partial charge in [0.2, 0.25) is 0 Å². The van der Waals surface area contributed by atoms with Gasteiger partial charge in [-0.1, -0.05) is 29.8 Å². The molecular formula is C16H13F3N2. The maximum atomic E-state index is 13.0. The van der Waals surface area contributed by atoms with Gasteiger partial charge < -0.3 is 5.32 Å². The van der Waals surface area contributed by atoms with Crippen LogP contribution in [0, 0.1) is 18.3 Å². The number of nitrogens with one attached hydrogen (secondary N) is 1. The first-order chi connectivity index (χ1) is 9.90. The number of benzene rings is 2. The topological polar surface area (TPSA) is 35.8 Å². The predicted octanol–water partition coefficient (Wildman–Crippen LogP) is 4.50. The molecule has 2 rings (SSSR count). The Kier molecular flexibility index (Phi) is 4.18. The van der Waals surface area contributed by atoms with Crippen molar-refractivity contribution in [3.05, 3.63) is 64.7 Å². The average Bonchev–Trinajstić information content (AvgIpc) is 2.44. The van der Waals surface area contributed by atoms with Crippen molar-refractivity contribution in [3.63, 3.8) is 0 Å². The standard InChI is InChI=1S/C16H13F3N2/c1-11-3-2-4-13(7-11)10-21-15-6-5-12(9-20)8-14(15)16(17,18)19/h2-8,21H,10H2,1H3. The van der Waals surface area contributed by atoms with Crippen molar-refractivity contribution in [2.45, 2.75) is 19.6 Å². The maximum absolute atomic E-state index is 13.0. The van der Waals surface area contributed by atoms with Crippen molar-refractivity contribution in [2.75, 3.05) is 5.32 Å². The fourth-order valence-electron chi connectivity index (χ4n) is 2.02. The highest BCUT2D eigenvalue weighted by Gasteiger charge is 2.33. The van der Waals surface area contributed by atoms with E-state index >= 15 is 0 Å². The van der Waals surface area contributed by atoms with E-state index in [9.17, 15) is 13.2 Å². The van der Waals surface area contributed by atoms with Gasteiger partial charge in [-0.2, -0.15) is 18.4 Å². The summed E-state index contributed by atoms with van der Waals surface area (Å²) in [6.07, 6.45) is -4.50. The minimum absolute atomic E-state index is 0.0107. The second-order valence-electron chi connectivity index (χ2n) is 4.71. The number of nitrogens with zero attached hydrogens (tertiary/aromatic N) is 1. The van der Waals surface area contributed by atoms with Crippen LogP contribution in [0.5, 0.6) is 0 Å². The smallest absolute Gasteiger partial charge is 0.380 e. The number of nitriles is 1. The second-order valence-corrected chi connectivity index (χ2v) is 4.71. The third-order valence-electron chi connectivity index (χ3n) is 3.02. The number of rotatable bonds is 3. The summed E-state index contributed by atoms with van der Waals surface area (Å²) < 4.78 is 39.0. The second kappa shape index (κ2) is 5.88. The molecule has 0 unspecified atom stereocenters. The molecule has 0 aliphatic heterocycles. The highest BCUT2D eigenvalue weighted by Crippen LogP contribution is 2.35. The Morgan fingerprint density at radius 3 is 2.52 bits per heavy atom. The van der Waals surface area contributed by atoms with Crippen molar-refractivity contribution in [2.24, 2.45) is 0 Å². The van der Waals surface area contributed by atoms with E-state index in [1.54, 1.807) is 6.07 Å². The SMILES string of the molecule is Cc1cccc(CNc2ccc(C#N)cc2C(F)(F)F)c1. The van der Waals surface area contributed by atoms with Crippen molar-refractivity contribution in [1.82, 2.24) is 0 Å². The molecule has 0 atom stereocenters. The minimum Gasteiger partial charge on any atom is -0.380 e. The molecule has 21 heavy (non-hydrogen) atoms. The van der Waals surface area contributed by atoms with Gasteiger partial charge in [0, 0.05) is 12.2 Å². The molecule has 108 valence electrons. The van der Waals surface area contributed by atoms with Crippen LogP contribution < -0.4 is 5.32 Å². The number of alkyl halides is 3. The molecule has 0 amide bonds. The molecule has 0 fully saturated rings. The molecule has 0 saturated carbocycles. The first-order valence-corrected chi connectivity index (χ1v) is 6.31. The Hall–Kier alpha value is -2.48. The number of hydrogen-bond donors (Lipinski definition) is 1. The van der Waals surface area contributed by atoms with E-state index in [0.29, 0.717) is 0 Å². The van der Waals surface area contributed by atoms with Crippen LogP contribution in [0.1, 0.15) is 22.3 Å². The van der Waals surface area contributed by atoms with E-state index in [0.717, 1.165) is 17.2 Å². The van der Waals surface area contributed by atoms with Crippen LogP contribution in [-0.2, 0) is 12.7 Å². The van der Waals surface area contributed by atoms with Crippen molar-refractivity contribution < 1.29 is 13.2 Å². The lowest BCUT2D eigenvalue weighted by molar-refractivity contribution is -0.137. The Bertz CT molecular complexity index is 685. The lowest BCUT2D eigenvalue weighted by Crippen LogP contribution is -2.11. The van der Waals surface area contributed by atoms with E-state index in [2.05, 4.69) is 5.32 Å². The molecule has 2 nitrogen and oxygen atoms in total. The van der Waals surface area contributed by atoms with Crippen LogP contribution in [0.4, 0.5) is 18.9 Å². The highest BCUT2D eigenvalue weighted by molar-refractivity contribution is 5.56. The van der Waals surface area contributed by atoms with E-state index < -0.39 is 11.7 Å². The largest absolute Gasteiger partial charge is 0.418 e. The molecule has 0 aromatic heterocycles. The van der Waals surface area contributed by atoms with Gasteiger partial charge in [0.1, 0.15) is 0 Å². The van der Waals surface area contributed by atoms with Gasteiger partial charge >= 0.3 is 6.18 Å². The first kappa shape index (κ1) is 14.9. The summed E-state index contributed by atoms with van der Waals surface area (Å²) >= 11 is 0. The summed E-state index contributed by atoms with van der Waals surface area (Å²) in [7, 11) is 0. The van der Waals surface area contributed by atoms with E-state index in [-0.39, 0.29) is 17.8 Å². The molecule has 1 N–H and O–H groups in total. The molecule has 5 heteroatoms. The fourth-order valence-corrected chi connectivity index (χ4v) is 2.02. The molecular weight excluding hydrogens is 277 g/mol. The van der Waals surface area contributed by atoms with Gasteiger partial charge in [0.15, 0.2) is 0 Å². The Balaban J connectivity index is 2.26. The van der Waals surface area contributed by atoms with Crippen molar-refractivity contribution in [1.29, 1.82) is 5.26 Å². The van der Waals surface area contributed by atoms with E-state index in [1.807, 2.05) is 31.2 Å². The number of hydrogen-bond acceptors (Lipinski definition) is 2. The van der Waals surface area contributed by atoms with Gasteiger partial charge in [-0.25, -0.2) is 0 Å². The summed E-state index contributed by atoms with van der Waals surface area (Å²) in [6, 6.07) is 12.8. The normalized spacial score (nSPS) is 11.0. The number of anilines is 1. The van der Waals surface area contributed by atoms with E-state index in [4.69, 9.17) is 5.26 Å². The molecule has 0 aliphatic rings. The Morgan fingerprint density at radius 2 is 1.90 bits per heavy atom. The first-order valence-electron chi connectivity index (χ1n) is 6.31. The number of halogens is 3. The zero-order valence-corrected chi connectivity index (χ0v) is 11.3. The Morgan fingerprint density at radius 1 is 1.14 bits per heavy atom. The number of aryl methyl sites for hydroxylation is 1. The summed E-state index contributed by atoms with van der Waals surface area (Å²) in [5.41, 5.74) is 1.08. The fraction of sp³-hybridized carbons (Fsp3) is 0.188. The van der Waals surface area contributed by atoms with Crippen LogP contribution in [0.2, 0.25) is 0 Å². The van der Waals surface area contributed by atoms with Crippen LogP contribution >= 0.6 is 0 Å². The summed E-state index contributed by atoms with van der Waals surface area (Å²) in [6.45, 7) is 2.21. The molecule has 0 heterocycles. The van der Waals surface area contributed by atoms with E-state index in [1.165, 1.54) is 12.1 Å². The monoisotopic (exact) mass is 290 g/mol. The van der Waals surface area contributed by atoms with Gasteiger partial charge in [-0.3, -0.25) is 0 Å². The van der Waals surface area contributed by atoms with Crippen LogP contribution in [-0.4, -0.2) is 0 Å². The van der Waals surface area contributed by atoms with Gasteiger partial charge in [0.25, 0.3) is 0 Å². The molecule has 0 bridgehead atoms. The van der Waals surface area contributed by atoms with Crippen LogP contribution in [0.25, 0.3) is 0 Å². The Labute approximate surface area is 120 Å². The summed E-state index contributed by atoms with van der Waals surface area (Å²) in [4.78, 5) is 0. The quantitative estimate of drug-likeness (QED) is 0.903. The summed E-state index contributed by atoms with van der Waals surface area (Å²) in [5.74, 6) is 0. The molecule has 0 saturated heterocycles. The third-order valence-corrected chi connectivity index (χ3v) is 3.02. The molecule has 0 aliphatic carbocycles. The van der Waals surface area contributed by atoms with Crippen molar-refractivity contribution >= 4 is 5.69 Å². The van der Waals surface area contributed by atoms with Crippen LogP contribution in [0.3, 0.4) is 0 Å². The molecule has 2 aromatic rings. The van der Waals surface area contributed by atoms with Gasteiger partial charge in [-0.05, 0) is 30.7 Å². The summed E-state index contributed by atoms with van der Waals surface area (Å²) in [5, 5.41) is 11.5. The third kappa shape index (κ3) is 3.76. The van der Waals surface area contributed by atoms with Gasteiger partial charge in [-0.15, -0.1) is 0 Å². The highest BCUT2D eigenvalue weighted by atomic mass is 19.4. The lowest BCUT2D eigenvalue weighted by Gasteiger charge is -2.15. The average molecular weight is 290 g/mol. The molecule has 0 radical (unpaired) electrons. The maximum Gasteiger partial charge on any atom is 0.418 e. The lowest BCUT2D eigenvalue weighted by atomic mass is 10.1.